The molecule has 2 aromatic carbocycles. The molecule has 0 saturated heterocycles. The number of ketones is 1. The number of nitro groups is 1. The molecule has 0 aliphatic carbocycles. The van der Waals surface area contributed by atoms with Gasteiger partial charge < -0.3 is 0 Å². The summed E-state index contributed by atoms with van der Waals surface area (Å²) in [4.78, 5) is 22.3. The quantitative estimate of drug-likeness (QED) is 0.478. The Labute approximate surface area is 110 Å². The van der Waals surface area contributed by atoms with Crippen molar-refractivity contribution in [2.45, 2.75) is 13.3 Å². The second-order valence-corrected chi connectivity index (χ2v) is 4.34. The van der Waals surface area contributed by atoms with E-state index in [2.05, 4.69) is 0 Å². The van der Waals surface area contributed by atoms with Gasteiger partial charge in [0.1, 0.15) is 0 Å². The molecule has 96 valence electrons. The van der Waals surface area contributed by atoms with Gasteiger partial charge in [-0.15, -0.1) is 0 Å². The van der Waals surface area contributed by atoms with Gasteiger partial charge in [-0.3, -0.25) is 14.9 Å². The van der Waals surface area contributed by atoms with E-state index in [1.54, 1.807) is 13.0 Å². The van der Waals surface area contributed by atoms with E-state index in [4.69, 9.17) is 0 Å². The normalized spacial score (nSPS) is 10.2. The highest BCUT2D eigenvalue weighted by Crippen LogP contribution is 2.19. The molecular weight excluding hydrogens is 242 g/mol. The van der Waals surface area contributed by atoms with E-state index in [-0.39, 0.29) is 11.5 Å². The van der Waals surface area contributed by atoms with Crippen LogP contribution in [0.1, 0.15) is 21.5 Å². The molecule has 0 aliphatic heterocycles. The van der Waals surface area contributed by atoms with Crippen molar-refractivity contribution in [2.75, 3.05) is 0 Å². The minimum atomic E-state index is -0.444. The first kappa shape index (κ1) is 13.0. The first-order chi connectivity index (χ1) is 9.08. The van der Waals surface area contributed by atoms with Crippen molar-refractivity contribution in [3.8, 4) is 0 Å². The number of nitrogens with zero attached hydrogens (tertiary/aromatic N) is 1. The van der Waals surface area contributed by atoms with Crippen molar-refractivity contribution in [2.24, 2.45) is 0 Å². The molecule has 0 N–H and O–H groups in total. The molecule has 0 spiro atoms. The summed E-state index contributed by atoms with van der Waals surface area (Å²) in [6, 6.07) is 13.9. The Kier molecular flexibility index (Phi) is 3.71. The molecule has 19 heavy (non-hydrogen) atoms. The molecule has 4 heteroatoms. The van der Waals surface area contributed by atoms with Crippen LogP contribution in [0.2, 0.25) is 0 Å². The van der Waals surface area contributed by atoms with Gasteiger partial charge in [-0.25, -0.2) is 0 Å². The van der Waals surface area contributed by atoms with Crippen LogP contribution in [0.25, 0.3) is 0 Å². The molecule has 4 nitrogen and oxygen atoms in total. The Morgan fingerprint density at radius 2 is 1.84 bits per heavy atom. The molecule has 0 saturated carbocycles. The van der Waals surface area contributed by atoms with Crippen LogP contribution in [0, 0.1) is 17.0 Å². The monoisotopic (exact) mass is 255 g/mol. The minimum absolute atomic E-state index is 0.0378. The first-order valence-corrected chi connectivity index (χ1v) is 5.90. The molecule has 0 fully saturated rings. The fraction of sp³-hybridized carbons (Fsp3) is 0.133. The Bertz CT molecular complexity index is 621. The average molecular weight is 255 g/mol. The summed E-state index contributed by atoms with van der Waals surface area (Å²) in [5, 5.41) is 10.7. The maximum atomic E-state index is 12.1. The summed E-state index contributed by atoms with van der Waals surface area (Å²) >= 11 is 0. The van der Waals surface area contributed by atoms with Gasteiger partial charge >= 0.3 is 0 Å². The van der Waals surface area contributed by atoms with Crippen LogP contribution in [0.15, 0.2) is 48.5 Å². The van der Waals surface area contributed by atoms with Gasteiger partial charge in [0.05, 0.1) is 4.92 Å². The van der Waals surface area contributed by atoms with E-state index < -0.39 is 4.92 Å². The molecule has 0 aliphatic rings. The van der Waals surface area contributed by atoms with Crippen LogP contribution < -0.4 is 0 Å². The first-order valence-electron chi connectivity index (χ1n) is 5.90. The summed E-state index contributed by atoms with van der Waals surface area (Å²) in [7, 11) is 0. The van der Waals surface area contributed by atoms with Gasteiger partial charge in [-0.2, -0.15) is 0 Å². The number of carbonyl (C=O) groups excluding carboxylic acids is 1. The highest BCUT2D eigenvalue weighted by atomic mass is 16.6. The van der Waals surface area contributed by atoms with Crippen molar-refractivity contribution in [1.29, 1.82) is 0 Å². The number of rotatable bonds is 4. The highest BCUT2D eigenvalue weighted by molar-refractivity contribution is 5.97. The zero-order chi connectivity index (χ0) is 13.8. The van der Waals surface area contributed by atoms with Gasteiger partial charge in [0.2, 0.25) is 0 Å². The summed E-state index contributed by atoms with van der Waals surface area (Å²) in [6.07, 6.45) is 0.304. The Balaban J connectivity index is 2.21. The van der Waals surface area contributed by atoms with Crippen LogP contribution in [0.5, 0.6) is 0 Å². The van der Waals surface area contributed by atoms with Gasteiger partial charge in [0.25, 0.3) is 5.69 Å². The topological polar surface area (TPSA) is 60.2 Å². The fourth-order valence-corrected chi connectivity index (χ4v) is 1.92. The lowest BCUT2D eigenvalue weighted by molar-refractivity contribution is -0.385. The number of nitro benzene ring substituents is 1. The lowest BCUT2D eigenvalue weighted by Gasteiger charge is -2.03. The average Bonchev–Trinajstić information content (AvgIpc) is 2.39. The molecular formula is C15H13NO3. The zero-order valence-corrected chi connectivity index (χ0v) is 10.5. The molecule has 2 rings (SSSR count). The van der Waals surface area contributed by atoms with Crippen LogP contribution >= 0.6 is 0 Å². The van der Waals surface area contributed by atoms with Crippen molar-refractivity contribution >= 4 is 11.5 Å². The third-order valence-corrected chi connectivity index (χ3v) is 2.92. The Morgan fingerprint density at radius 1 is 1.16 bits per heavy atom. The predicted molar refractivity (Wildman–Crippen MR) is 72.3 cm³/mol. The maximum absolute atomic E-state index is 12.1. The molecule has 0 aromatic heterocycles. The number of Topliss-reactive ketones (excluding diaryl/α,β-unsaturated/α-hetero) is 1. The van der Waals surface area contributed by atoms with Crippen molar-refractivity contribution < 1.29 is 9.72 Å². The van der Waals surface area contributed by atoms with E-state index >= 15 is 0 Å². The summed E-state index contributed by atoms with van der Waals surface area (Å²) in [6.45, 7) is 1.64. The summed E-state index contributed by atoms with van der Waals surface area (Å²) in [5.41, 5.74) is 1.98. The van der Waals surface area contributed by atoms with E-state index in [1.165, 1.54) is 12.1 Å². The summed E-state index contributed by atoms with van der Waals surface area (Å²) in [5.74, 6) is -0.0378. The van der Waals surface area contributed by atoms with E-state index in [9.17, 15) is 14.9 Å². The van der Waals surface area contributed by atoms with E-state index in [0.29, 0.717) is 17.5 Å². The SMILES string of the molecule is Cc1cc(C(=O)Cc2ccccc2)ccc1[N+](=O)[O-]. The van der Waals surface area contributed by atoms with Crippen LogP contribution in [-0.4, -0.2) is 10.7 Å². The molecule has 0 radical (unpaired) electrons. The Hall–Kier alpha value is -2.49. The van der Waals surface area contributed by atoms with Crippen LogP contribution in [0.3, 0.4) is 0 Å². The maximum Gasteiger partial charge on any atom is 0.272 e. The Morgan fingerprint density at radius 3 is 2.42 bits per heavy atom. The van der Waals surface area contributed by atoms with Crippen molar-refractivity contribution in [3.05, 3.63) is 75.3 Å². The molecule has 0 atom stereocenters. The van der Waals surface area contributed by atoms with Crippen LogP contribution in [0.4, 0.5) is 5.69 Å². The second-order valence-electron chi connectivity index (χ2n) is 4.34. The fourth-order valence-electron chi connectivity index (χ4n) is 1.92. The molecule has 0 bridgehead atoms. The molecule has 0 unspecified atom stereocenters. The largest absolute Gasteiger partial charge is 0.294 e. The smallest absolute Gasteiger partial charge is 0.272 e. The third kappa shape index (κ3) is 3.04. The third-order valence-electron chi connectivity index (χ3n) is 2.92. The van der Waals surface area contributed by atoms with Gasteiger partial charge in [0, 0.05) is 23.6 Å². The van der Waals surface area contributed by atoms with Gasteiger partial charge in [0.15, 0.2) is 5.78 Å². The zero-order valence-electron chi connectivity index (χ0n) is 10.5. The second kappa shape index (κ2) is 5.44. The van der Waals surface area contributed by atoms with E-state index in [0.717, 1.165) is 5.56 Å². The van der Waals surface area contributed by atoms with Crippen molar-refractivity contribution in [3.63, 3.8) is 0 Å². The van der Waals surface area contributed by atoms with Crippen molar-refractivity contribution in [1.82, 2.24) is 0 Å². The molecule has 0 amide bonds. The number of carbonyl (C=O) groups is 1. The lowest BCUT2D eigenvalue weighted by atomic mass is 10.0. The number of hydrogen-bond acceptors (Lipinski definition) is 3. The standard InChI is InChI=1S/C15H13NO3/c1-11-9-13(7-8-14(11)16(18)19)15(17)10-12-5-3-2-4-6-12/h2-9H,10H2,1H3. The molecule has 0 heterocycles. The van der Waals surface area contributed by atoms with E-state index in [1.807, 2.05) is 30.3 Å². The van der Waals surface area contributed by atoms with Gasteiger partial charge in [-0.1, -0.05) is 30.3 Å². The lowest BCUT2D eigenvalue weighted by Crippen LogP contribution is -2.04. The highest BCUT2D eigenvalue weighted by Gasteiger charge is 2.13. The number of hydrogen-bond donors (Lipinski definition) is 0. The molecule has 2 aromatic rings. The minimum Gasteiger partial charge on any atom is -0.294 e. The predicted octanol–water partition coefficient (Wildman–Crippen LogP) is 3.33. The van der Waals surface area contributed by atoms with Gasteiger partial charge in [-0.05, 0) is 24.6 Å². The number of benzene rings is 2. The van der Waals surface area contributed by atoms with Crippen LogP contribution in [-0.2, 0) is 6.42 Å². The summed E-state index contributed by atoms with van der Waals surface area (Å²) < 4.78 is 0. The number of aryl methyl sites for hydroxylation is 1.